The van der Waals surface area contributed by atoms with Gasteiger partial charge in [0.25, 0.3) is 0 Å². The number of hydrogen-bond donors (Lipinski definition) is 0. The van der Waals surface area contributed by atoms with E-state index in [0.29, 0.717) is 0 Å². The summed E-state index contributed by atoms with van der Waals surface area (Å²) in [5, 5.41) is 3.53. The molecule has 0 aliphatic carbocycles. The third-order valence-corrected chi connectivity index (χ3v) is 6.94. The standard InChI is InChI=1S/C30H30N3/c1-18(2)15-21-9-8-12-26-23(21)13-14-27(32(26)5)29-20(4)22-10-6-7-11-24(22)25-16-28-31-19(3)17-33(28)30(25)29/h6-14,17-18H,15-16H2,1-5H3/q+1/i15D2. The van der Waals surface area contributed by atoms with Crippen LogP contribution >= 0.6 is 0 Å². The van der Waals surface area contributed by atoms with Gasteiger partial charge in [-0.1, -0.05) is 50.2 Å². The molecular weight excluding hydrogens is 402 g/mol. The SMILES string of the molecule is [2H]C([2H])(c1cccc2c1ccc(-c1c3c(c4ccccc4c1C)Cc1nc(C)cn1-3)[n+]2C)C(C)C. The van der Waals surface area contributed by atoms with Crippen LogP contribution in [0.25, 0.3) is 38.6 Å². The molecule has 0 saturated carbocycles. The Kier molecular flexibility index (Phi) is 3.97. The number of pyridine rings is 1. The summed E-state index contributed by atoms with van der Waals surface area (Å²) in [6.07, 6.45) is 1.57. The summed E-state index contributed by atoms with van der Waals surface area (Å²) >= 11 is 0. The highest BCUT2D eigenvalue weighted by Crippen LogP contribution is 2.43. The van der Waals surface area contributed by atoms with E-state index in [4.69, 9.17) is 7.73 Å². The molecule has 3 heteroatoms. The molecule has 3 aromatic carbocycles. The summed E-state index contributed by atoms with van der Waals surface area (Å²) in [4.78, 5) is 4.82. The molecule has 0 radical (unpaired) electrons. The van der Waals surface area contributed by atoms with Crippen molar-refractivity contribution in [1.82, 2.24) is 9.55 Å². The fraction of sp³-hybridized carbons (Fsp3) is 0.267. The smallest absolute Gasteiger partial charge is 0.215 e. The second-order valence-electron chi connectivity index (χ2n) is 9.53. The fourth-order valence-electron chi connectivity index (χ4n) is 5.56. The first kappa shape index (κ1) is 18.0. The monoisotopic (exact) mass is 434 g/mol. The van der Waals surface area contributed by atoms with Crippen LogP contribution in [0.15, 0.2) is 60.8 Å². The van der Waals surface area contributed by atoms with Gasteiger partial charge in [0.15, 0.2) is 0 Å². The van der Waals surface area contributed by atoms with Crippen molar-refractivity contribution in [1.29, 1.82) is 0 Å². The van der Waals surface area contributed by atoms with Gasteiger partial charge in [0.2, 0.25) is 11.2 Å². The van der Waals surface area contributed by atoms with Gasteiger partial charge in [-0.15, -0.1) is 0 Å². The number of benzene rings is 3. The molecule has 0 N–H and O–H groups in total. The molecule has 5 aromatic rings. The van der Waals surface area contributed by atoms with Crippen LogP contribution in [-0.4, -0.2) is 9.55 Å². The summed E-state index contributed by atoms with van der Waals surface area (Å²) < 4.78 is 22.0. The van der Waals surface area contributed by atoms with Crippen LogP contribution in [0.1, 0.15) is 44.8 Å². The number of aromatic nitrogens is 3. The van der Waals surface area contributed by atoms with Gasteiger partial charge in [-0.2, -0.15) is 4.57 Å². The minimum Gasteiger partial charge on any atom is -0.302 e. The third-order valence-electron chi connectivity index (χ3n) is 6.94. The number of rotatable bonds is 3. The maximum Gasteiger partial charge on any atom is 0.215 e. The lowest BCUT2D eigenvalue weighted by molar-refractivity contribution is -0.633. The molecule has 3 nitrogen and oxygen atoms in total. The highest BCUT2D eigenvalue weighted by molar-refractivity contribution is 5.99. The van der Waals surface area contributed by atoms with E-state index in [0.717, 1.165) is 40.1 Å². The summed E-state index contributed by atoms with van der Waals surface area (Å²) in [5.74, 6) is 0.970. The molecule has 164 valence electrons. The molecule has 0 saturated heterocycles. The van der Waals surface area contributed by atoms with Crippen molar-refractivity contribution < 1.29 is 7.31 Å². The number of aryl methyl sites for hydroxylation is 3. The molecule has 6 rings (SSSR count). The highest BCUT2D eigenvalue weighted by atomic mass is 15.1. The van der Waals surface area contributed by atoms with Crippen LogP contribution in [0.3, 0.4) is 0 Å². The van der Waals surface area contributed by atoms with Gasteiger partial charge in [0.1, 0.15) is 12.9 Å². The topological polar surface area (TPSA) is 21.7 Å². The first-order valence-corrected chi connectivity index (χ1v) is 11.7. The van der Waals surface area contributed by atoms with E-state index < -0.39 is 6.37 Å². The molecule has 33 heavy (non-hydrogen) atoms. The van der Waals surface area contributed by atoms with Crippen molar-refractivity contribution in [3.05, 3.63) is 89.0 Å². The van der Waals surface area contributed by atoms with Crippen molar-refractivity contribution >= 4 is 21.7 Å². The van der Waals surface area contributed by atoms with Crippen molar-refractivity contribution in [3.63, 3.8) is 0 Å². The number of hydrogen-bond acceptors (Lipinski definition) is 1. The van der Waals surface area contributed by atoms with Gasteiger partial charge in [-0.25, -0.2) is 4.98 Å². The minimum absolute atomic E-state index is 0.119. The average Bonchev–Trinajstić information content (AvgIpc) is 3.36. The van der Waals surface area contributed by atoms with Crippen molar-refractivity contribution in [2.24, 2.45) is 13.0 Å². The second kappa shape index (κ2) is 7.28. The summed E-state index contributed by atoms with van der Waals surface area (Å²) in [6.45, 7) is 8.16. The lowest BCUT2D eigenvalue weighted by atomic mass is 9.90. The zero-order valence-corrected chi connectivity index (χ0v) is 19.9. The van der Waals surface area contributed by atoms with Crippen LogP contribution in [0, 0.1) is 19.8 Å². The van der Waals surface area contributed by atoms with Crippen molar-refractivity contribution in [3.8, 4) is 16.9 Å². The second-order valence-corrected chi connectivity index (χ2v) is 9.53. The Morgan fingerprint density at radius 1 is 1.00 bits per heavy atom. The van der Waals surface area contributed by atoms with Gasteiger partial charge in [-0.05, 0) is 59.7 Å². The van der Waals surface area contributed by atoms with E-state index in [1.54, 1.807) is 0 Å². The molecule has 2 aromatic heterocycles. The maximum absolute atomic E-state index is 8.75. The predicted molar refractivity (Wildman–Crippen MR) is 136 cm³/mol. The molecule has 1 aliphatic heterocycles. The highest BCUT2D eigenvalue weighted by Gasteiger charge is 2.31. The molecule has 0 fully saturated rings. The van der Waals surface area contributed by atoms with Crippen LogP contribution in [0.2, 0.25) is 0 Å². The lowest BCUT2D eigenvalue weighted by Gasteiger charge is -2.17. The normalized spacial score (nSPS) is 14.0. The summed E-state index contributed by atoms with van der Waals surface area (Å²) in [7, 11) is 2.10. The van der Waals surface area contributed by atoms with Gasteiger partial charge in [-0.3, -0.25) is 0 Å². The Morgan fingerprint density at radius 3 is 2.58 bits per heavy atom. The van der Waals surface area contributed by atoms with Gasteiger partial charge in [0.05, 0.1) is 16.9 Å². The van der Waals surface area contributed by atoms with Gasteiger partial charge in [0, 0.05) is 32.9 Å². The van der Waals surface area contributed by atoms with E-state index >= 15 is 0 Å². The summed E-state index contributed by atoms with van der Waals surface area (Å²) in [6, 6.07) is 19.0. The molecule has 3 heterocycles. The maximum atomic E-state index is 8.75. The molecule has 0 bridgehead atoms. The van der Waals surface area contributed by atoms with E-state index in [2.05, 4.69) is 78.7 Å². The van der Waals surface area contributed by atoms with Gasteiger partial charge < -0.3 is 4.57 Å². The Labute approximate surface area is 198 Å². The summed E-state index contributed by atoms with van der Waals surface area (Å²) in [5.41, 5.74) is 8.96. The Bertz CT molecular complexity index is 1660. The molecule has 1 aliphatic rings. The lowest BCUT2D eigenvalue weighted by Crippen LogP contribution is -2.32. The zero-order valence-electron chi connectivity index (χ0n) is 21.9. The fourth-order valence-corrected chi connectivity index (χ4v) is 5.56. The van der Waals surface area contributed by atoms with Crippen LogP contribution in [0.5, 0.6) is 0 Å². The molecule has 0 unspecified atom stereocenters. The number of nitrogens with zero attached hydrogens (tertiary/aromatic N) is 3. The molecule has 0 spiro atoms. The minimum atomic E-state index is -1.41. The van der Waals surface area contributed by atoms with E-state index in [1.807, 2.05) is 26.0 Å². The molecule has 0 atom stereocenters. The first-order valence-electron chi connectivity index (χ1n) is 12.7. The van der Waals surface area contributed by atoms with Crippen LogP contribution < -0.4 is 4.57 Å². The third kappa shape index (κ3) is 2.95. The Balaban J connectivity index is 1.70. The largest absolute Gasteiger partial charge is 0.302 e. The van der Waals surface area contributed by atoms with E-state index in [-0.39, 0.29) is 5.92 Å². The average molecular weight is 435 g/mol. The van der Waals surface area contributed by atoms with Gasteiger partial charge >= 0.3 is 0 Å². The van der Waals surface area contributed by atoms with E-state index in [9.17, 15) is 0 Å². The number of imidazole rings is 1. The van der Waals surface area contributed by atoms with Crippen molar-refractivity contribution in [2.75, 3.05) is 0 Å². The van der Waals surface area contributed by atoms with Crippen molar-refractivity contribution in [2.45, 2.75) is 40.5 Å². The van der Waals surface area contributed by atoms with E-state index in [1.165, 1.54) is 33.2 Å². The number of fused-ring (bicyclic) bond motifs is 6. The molecular formula is C30H30N3+. The van der Waals surface area contributed by atoms with Crippen LogP contribution in [-0.2, 0) is 19.8 Å². The molecule has 0 amide bonds. The predicted octanol–water partition coefficient (Wildman–Crippen LogP) is 6.39. The van der Waals surface area contributed by atoms with Crippen LogP contribution in [0.4, 0.5) is 0 Å². The Morgan fingerprint density at radius 2 is 1.79 bits per heavy atom. The Hall–Kier alpha value is -3.46. The quantitative estimate of drug-likeness (QED) is 0.296. The first-order chi connectivity index (χ1) is 16.7. The zero-order chi connectivity index (χ0) is 24.6.